The van der Waals surface area contributed by atoms with Crippen molar-refractivity contribution >= 4 is 17.3 Å². The summed E-state index contributed by atoms with van der Waals surface area (Å²) in [7, 11) is 0. The van der Waals surface area contributed by atoms with E-state index in [9.17, 15) is 5.26 Å². The van der Waals surface area contributed by atoms with Gasteiger partial charge in [-0.15, -0.1) is 0 Å². The topological polar surface area (TPSA) is 63.0 Å². The molecule has 4 rings (SSSR count). The van der Waals surface area contributed by atoms with Gasteiger partial charge in [0.25, 0.3) is 0 Å². The average molecular weight is 367 g/mol. The second-order valence-corrected chi connectivity index (χ2v) is 8.28. The molecule has 2 aromatic rings. The molecule has 2 aliphatic rings. The second kappa shape index (κ2) is 6.41. The van der Waals surface area contributed by atoms with Gasteiger partial charge in [-0.25, -0.2) is 0 Å². The van der Waals surface area contributed by atoms with Crippen molar-refractivity contribution in [2.45, 2.75) is 27.7 Å². The summed E-state index contributed by atoms with van der Waals surface area (Å²) in [4.78, 5) is 0. The minimum Gasteiger partial charge on any atom is -0.252 e. The fourth-order valence-corrected chi connectivity index (χ4v) is 4.30. The minimum absolute atomic E-state index is 0.0290. The lowest BCUT2D eigenvalue weighted by molar-refractivity contribution is -0.476. The maximum atomic E-state index is 9.62. The van der Waals surface area contributed by atoms with Crippen molar-refractivity contribution in [2.75, 3.05) is 0 Å². The van der Waals surface area contributed by atoms with Gasteiger partial charge in [-0.2, -0.15) is 5.26 Å². The van der Waals surface area contributed by atoms with Crippen molar-refractivity contribution in [2.24, 2.45) is 22.4 Å². The molecule has 0 radical (unpaired) electrons. The molecule has 0 bridgehead atoms. The van der Waals surface area contributed by atoms with E-state index >= 15 is 0 Å². The number of allylic oxidation sites excluding steroid dienone is 1. The molecule has 1 aliphatic heterocycles. The Kier molecular flexibility index (Phi) is 4.14. The SMILES string of the molecule is Cc1ccc(C2=N[N+](C(=C=N)C#N)=C(c3ccc(C)cc3)[C@@H]3[C@H]2C3(C)C)cc1. The summed E-state index contributed by atoms with van der Waals surface area (Å²) in [6.07, 6.45) is 0. The van der Waals surface area contributed by atoms with E-state index in [0.717, 1.165) is 22.6 Å². The standard InChI is InChI=1S/C24H23N4/c1-15-5-9-17(10-6-15)22-20-21(24(20,3)4)23(18-11-7-16(2)8-12-18)28(27-22)19(13-25)14-26/h5-12,20-21,25H,1-4H3/q+1/t20-,21+/m1/s1. The summed E-state index contributed by atoms with van der Waals surface area (Å²) in [6, 6.07) is 18.8. The van der Waals surface area contributed by atoms with Crippen molar-refractivity contribution in [3.8, 4) is 6.07 Å². The van der Waals surface area contributed by atoms with Gasteiger partial charge in [0.05, 0.1) is 11.8 Å². The molecule has 1 heterocycles. The number of benzene rings is 2. The van der Waals surface area contributed by atoms with Crippen LogP contribution in [0.2, 0.25) is 0 Å². The molecular weight excluding hydrogens is 344 g/mol. The first kappa shape index (κ1) is 18.1. The molecule has 1 aliphatic carbocycles. The Hall–Kier alpha value is -3.28. The van der Waals surface area contributed by atoms with Crippen molar-refractivity contribution in [3.63, 3.8) is 0 Å². The van der Waals surface area contributed by atoms with E-state index < -0.39 is 0 Å². The summed E-state index contributed by atoms with van der Waals surface area (Å²) in [5.74, 6) is 2.81. The molecular formula is C24H23N4+. The molecule has 1 fully saturated rings. The molecule has 0 unspecified atom stereocenters. The summed E-state index contributed by atoms with van der Waals surface area (Å²) in [6.45, 7) is 8.63. The molecule has 4 nitrogen and oxygen atoms in total. The molecule has 0 spiro atoms. The normalized spacial score (nSPS) is 21.9. The molecule has 0 amide bonds. The molecule has 0 aromatic heterocycles. The highest BCUT2D eigenvalue weighted by Gasteiger charge is 2.68. The third kappa shape index (κ3) is 2.72. The molecule has 2 aromatic carbocycles. The van der Waals surface area contributed by atoms with Crippen LogP contribution in [-0.4, -0.2) is 22.0 Å². The molecule has 28 heavy (non-hydrogen) atoms. The maximum Gasteiger partial charge on any atom is 0.376 e. The van der Waals surface area contributed by atoms with Crippen LogP contribution in [0.1, 0.15) is 36.1 Å². The van der Waals surface area contributed by atoms with E-state index in [0.29, 0.717) is 0 Å². The average Bonchev–Trinajstić information content (AvgIpc) is 3.26. The van der Waals surface area contributed by atoms with Gasteiger partial charge in [0.2, 0.25) is 5.71 Å². The minimum atomic E-state index is 0.0290. The Morgan fingerprint density at radius 3 is 2.00 bits per heavy atom. The number of nitrogens with zero attached hydrogens (tertiary/aromatic N) is 3. The van der Waals surface area contributed by atoms with E-state index in [-0.39, 0.29) is 22.9 Å². The Morgan fingerprint density at radius 1 is 0.964 bits per heavy atom. The number of aryl methyl sites for hydroxylation is 2. The monoisotopic (exact) mass is 367 g/mol. The van der Waals surface area contributed by atoms with Gasteiger partial charge in [-0.05, 0) is 36.1 Å². The van der Waals surface area contributed by atoms with Crippen molar-refractivity contribution < 1.29 is 4.68 Å². The third-order valence-corrected chi connectivity index (χ3v) is 5.98. The zero-order valence-electron chi connectivity index (χ0n) is 16.6. The first-order valence-electron chi connectivity index (χ1n) is 9.48. The predicted octanol–water partition coefficient (Wildman–Crippen LogP) is 4.45. The summed E-state index contributed by atoms with van der Waals surface area (Å²) < 4.78 is 1.64. The van der Waals surface area contributed by atoms with Gasteiger partial charge in [0.1, 0.15) is 5.71 Å². The zero-order chi connectivity index (χ0) is 20.1. The van der Waals surface area contributed by atoms with E-state index in [1.54, 1.807) is 4.68 Å². The quantitative estimate of drug-likeness (QED) is 0.486. The van der Waals surface area contributed by atoms with E-state index in [1.165, 1.54) is 11.1 Å². The summed E-state index contributed by atoms with van der Waals surface area (Å²) >= 11 is 0. The lowest BCUT2D eigenvalue weighted by Gasteiger charge is -2.11. The first-order valence-corrected chi connectivity index (χ1v) is 9.48. The van der Waals surface area contributed by atoms with Crippen LogP contribution < -0.4 is 0 Å². The smallest absolute Gasteiger partial charge is 0.252 e. The van der Waals surface area contributed by atoms with Crippen LogP contribution >= 0.6 is 0 Å². The largest absolute Gasteiger partial charge is 0.376 e. The van der Waals surface area contributed by atoms with Gasteiger partial charge < -0.3 is 0 Å². The van der Waals surface area contributed by atoms with Crippen LogP contribution in [0.25, 0.3) is 0 Å². The fourth-order valence-electron chi connectivity index (χ4n) is 4.30. The number of nitrogens with one attached hydrogen (secondary N) is 1. The van der Waals surface area contributed by atoms with E-state index in [2.05, 4.69) is 88.2 Å². The number of fused-ring (bicyclic) bond motifs is 1. The van der Waals surface area contributed by atoms with Gasteiger partial charge in [-0.1, -0.05) is 61.4 Å². The van der Waals surface area contributed by atoms with E-state index in [4.69, 9.17) is 10.5 Å². The summed E-state index contributed by atoms with van der Waals surface area (Å²) in [5, 5.41) is 22.1. The van der Waals surface area contributed by atoms with Crippen LogP contribution in [0.5, 0.6) is 0 Å². The van der Waals surface area contributed by atoms with E-state index in [1.807, 2.05) is 0 Å². The summed E-state index contributed by atoms with van der Waals surface area (Å²) in [5.41, 5.74) is 6.61. The first-order chi connectivity index (χ1) is 13.4. The van der Waals surface area contributed by atoms with Crippen LogP contribution in [0.3, 0.4) is 0 Å². The van der Waals surface area contributed by atoms with Gasteiger partial charge in [-0.3, -0.25) is 5.41 Å². The number of hydrazone groups is 1. The molecule has 138 valence electrons. The highest BCUT2D eigenvalue weighted by atomic mass is 15.4. The van der Waals surface area contributed by atoms with Gasteiger partial charge in [0, 0.05) is 22.1 Å². The second-order valence-electron chi connectivity index (χ2n) is 8.28. The number of hydrogen-bond acceptors (Lipinski definition) is 3. The van der Waals surface area contributed by atoms with Crippen LogP contribution in [0.15, 0.2) is 59.3 Å². The highest BCUT2D eigenvalue weighted by molar-refractivity contribution is 6.13. The molecule has 0 saturated heterocycles. The number of hydrogen-bond donors (Lipinski definition) is 1. The maximum absolute atomic E-state index is 9.62. The highest BCUT2D eigenvalue weighted by Crippen LogP contribution is 2.62. The molecule has 1 saturated carbocycles. The fraction of sp³-hybridized carbons (Fsp3) is 0.292. The lowest BCUT2D eigenvalue weighted by atomic mass is 9.97. The molecule has 1 N–H and O–H groups in total. The Balaban J connectivity index is 1.98. The predicted molar refractivity (Wildman–Crippen MR) is 111 cm³/mol. The zero-order valence-corrected chi connectivity index (χ0v) is 16.6. The molecule has 4 heteroatoms. The van der Waals surface area contributed by atoms with Crippen LogP contribution in [0, 0.1) is 47.8 Å². The lowest BCUT2D eigenvalue weighted by Crippen LogP contribution is -2.28. The third-order valence-electron chi connectivity index (χ3n) is 5.98. The van der Waals surface area contributed by atoms with Crippen molar-refractivity contribution in [1.29, 1.82) is 10.7 Å². The Labute approximate surface area is 165 Å². The Bertz CT molecular complexity index is 1100. The van der Waals surface area contributed by atoms with Crippen LogP contribution in [-0.2, 0) is 0 Å². The van der Waals surface area contributed by atoms with Gasteiger partial charge >= 0.3 is 5.70 Å². The van der Waals surface area contributed by atoms with Gasteiger partial charge in [0.15, 0.2) is 6.07 Å². The molecule has 2 atom stereocenters. The Morgan fingerprint density at radius 2 is 1.50 bits per heavy atom. The van der Waals surface area contributed by atoms with Crippen molar-refractivity contribution in [3.05, 3.63) is 76.5 Å². The number of rotatable bonds is 3. The van der Waals surface area contributed by atoms with Crippen molar-refractivity contribution in [1.82, 2.24) is 0 Å². The van der Waals surface area contributed by atoms with Crippen LogP contribution in [0.4, 0.5) is 0 Å². The number of nitriles is 1.